The lowest BCUT2D eigenvalue weighted by atomic mass is 10.1. The van der Waals surface area contributed by atoms with E-state index in [0.717, 1.165) is 32.1 Å². The van der Waals surface area contributed by atoms with Crippen molar-refractivity contribution in [2.24, 2.45) is 0 Å². The third-order valence-electron chi connectivity index (χ3n) is 2.43. The number of rotatable bonds is 10. The number of unbranched alkanes of at least 4 members (excludes halogenated alkanes) is 2. The molecule has 0 heterocycles. The van der Waals surface area contributed by atoms with E-state index in [-0.39, 0.29) is 12.1 Å². The number of hydrogen-bond donors (Lipinski definition) is 1. The van der Waals surface area contributed by atoms with Gasteiger partial charge in [0.2, 0.25) is 0 Å². The molecular formula is C16H26O3. The van der Waals surface area contributed by atoms with Crippen LogP contribution in [0.3, 0.4) is 0 Å². The van der Waals surface area contributed by atoms with Crippen molar-refractivity contribution in [2.45, 2.75) is 52.1 Å². The van der Waals surface area contributed by atoms with Crippen molar-refractivity contribution in [3.05, 3.63) is 36.5 Å². The summed E-state index contributed by atoms with van der Waals surface area (Å²) in [4.78, 5) is 11.0. The predicted octanol–water partition coefficient (Wildman–Crippen LogP) is 3.55. The number of carbonyl (C=O) groups excluding carboxylic acids is 1. The summed E-state index contributed by atoms with van der Waals surface area (Å²) >= 11 is 0. The van der Waals surface area contributed by atoms with Crippen molar-refractivity contribution in [3.63, 3.8) is 0 Å². The molecule has 0 aliphatic rings. The van der Waals surface area contributed by atoms with Crippen LogP contribution in [0.15, 0.2) is 36.5 Å². The van der Waals surface area contributed by atoms with Crippen molar-refractivity contribution in [1.82, 2.24) is 0 Å². The summed E-state index contributed by atoms with van der Waals surface area (Å²) in [5.41, 5.74) is 0. The van der Waals surface area contributed by atoms with Crippen LogP contribution in [0.4, 0.5) is 0 Å². The summed E-state index contributed by atoms with van der Waals surface area (Å²) in [6.45, 7) is 4.01. The van der Waals surface area contributed by atoms with Crippen LogP contribution < -0.4 is 0 Å². The Hall–Kier alpha value is -1.35. The Bertz CT molecular complexity index is 301. The molecule has 0 aromatic heterocycles. The monoisotopic (exact) mass is 266 g/mol. The van der Waals surface area contributed by atoms with E-state index in [4.69, 9.17) is 9.84 Å². The lowest BCUT2D eigenvalue weighted by molar-refractivity contribution is -0.137. The fraction of sp³-hybridized carbons (Fsp3) is 0.562. The Balaban J connectivity index is 3.46. The second-order valence-electron chi connectivity index (χ2n) is 4.37. The molecule has 0 fully saturated rings. The summed E-state index contributed by atoms with van der Waals surface area (Å²) in [7, 11) is 0. The molecule has 0 aliphatic heterocycles. The first-order chi connectivity index (χ1) is 9.16. The van der Waals surface area contributed by atoms with Gasteiger partial charge in [0.25, 0.3) is 0 Å². The maximum Gasteiger partial charge on any atom is 0.330 e. The highest BCUT2D eigenvalue weighted by Gasteiger charge is 1.91. The molecule has 3 heteroatoms. The molecule has 0 saturated heterocycles. The molecule has 0 unspecified atom stereocenters. The largest absolute Gasteiger partial charge is 0.463 e. The first-order valence-electron chi connectivity index (χ1n) is 6.99. The van der Waals surface area contributed by atoms with Gasteiger partial charge in [-0.15, -0.1) is 0 Å². The van der Waals surface area contributed by atoms with Crippen LogP contribution in [0.1, 0.15) is 46.0 Å². The molecule has 0 saturated carbocycles. The average Bonchev–Trinajstić information content (AvgIpc) is 2.36. The molecule has 1 N–H and O–H groups in total. The number of esters is 1. The number of carbonyl (C=O) groups is 1. The second kappa shape index (κ2) is 13.1. The van der Waals surface area contributed by atoms with Crippen molar-refractivity contribution in [1.29, 1.82) is 0 Å². The summed E-state index contributed by atoms with van der Waals surface area (Å²) < 4.78 is 4.75. The number of allylic oxidation sites excluding steroid dienone is 5. The van der Waals surface area contributed by atoms with Crippen LogP contribution in [0, 0.1) is 0 Å². The average molecular weight is 266 g/mol. The minimum Gasteiger partial charge on any atom is -0.463 e. The summed E-state index contributed by atoms with van der Waals surface area (Å²) in [6, 6.07) is 0. The minimum absolute atomic E-state index is 0.209. The van der Waals surface area contributed by atoms with Crippen LogP contribution >= 0.6 is 0 Å². The molecule has 0 bridgehead atoms. The van der Waals surface area contributed by atoms with E-state index in [1.54, 1.807) is 13.0 Å². The van der Waals surface area contributed by atoms with Crippen LogP contribution in [-0.2, 0) is 9.53 Å². The van der Waals surface area contributed by atoms with Crippen LogP contribution in [0.5, 0.6) is 0 Å². The normalized spacial score (nSPS) is 13.6. The van der Waals surface area contributed by atoms with Crippen LogP contribution in [0.25, 0.3) is 0 Å². The van der Waals surface area contributed by atoms with Crippen molar-refractivity contribution in [2.75, 3.05) is 6.61 Å². The quantitative estimate of drug-likeness (QED) is 0.216. The maximum absolute atomic E-state index is 11.0. The van der Waals surface area contributed by atoms with Gasteiger partial charge in [0, 0.05) is 6.08 Å². The molecule has 108 valence electrons. The molecular weight excluding hydrogens is 240 g/mol. The van der Waals surface area contributed by atoms with E-state index < -0.39 is 0 Å². The first-order valence-corrected chi connectivity index (χ1v) is 6.99. The zero-order valence-electron chi connectivity index (χ0n) is 12.0. The Morgan fingerprint density at radius 1 is 1.16 bits per heavy atom. The first kappa shape index (κ1) is 17.6. The highest BCUT2D eigenvalue weighted by molar-refractivity contribution is 5.82. The number of aliphatic hydroxyl groups is 1. The SMILES string of the molecule is CCOC(=O)/C=C/C=C/CCC/C=C\CC[C@H](C)O. The molecule has 0 amide bonds. The lowest BCUT2D eigenvalue weighted by Crippen LogP contribution is -1.98. The van der Waals surface area contributed by atoms with Gasteiger partial charge in [0.05, 0.1) is 12.7 Å². The standard InChI is InChI=1S/C16H26O3/c1-3-19-16(18)14-12-10-8-6-4-5-7-9-11-13-15(2)17/h7-10,12,14-15,17H,3-6,11,13H2,1-2H3/b9-7-,10-8+,14-12+/t15-/m0/s1. The molecule has 0 aromatic rings. The number of ether oxygens (including phenoxy) is 1. The molecule has 0 aliphatic carbocycles. The maximum atomic E-state index is 11.0. The lowest BCUT2D eigenvalue weighted by Gasteiger charge is -1.98. The predicted molar refractivity (Wildman–Crippen MR) is 78.8 cm³/mol. The van der Waals surface area contributed by atoms with Gasteiger partial charge in [0.15, 0.2) is 0 Å². The third kappa shape index (κ3) is 14.6. The Labute approximate surface area is 116 Å². The fourth-order valence-corrected chi connectivity index (χ4v) is 1.43. The van der Waals surface area contributed by atoms with Gasteiger partial charge in [-0.2, -0.15) is 0 Å². The Kier molecular flexibility index (Phi) is 12.2. The van der Waals surface area contributed by atoms with Gasteiger partial charge in [-0.25, -0.2) is 4.79 Å². The Morgan fingerprint density at radius 3 is 2.53 bits per heavy atom. The smallest absolute Gasteiger partial charge is 0.330 e. The minimum atomic E-state index is -0.298. The van der Waals surface area contributed by atoms with Gasteiger partial charge >= 0.3 is 5.97 Å². The molecule has 0 spiro atoms. The van der Waals surface area contributed by atoms with Gasteiger partial charge in [-0.3, -0.25) is 0 Å². The van der Waals surface area contributed by atoms with Crippen molar-refractivity contribution < 1.29 is 14.6 Å². The van der Waals surface area contributed by atoms with Gasteiger partial charge in [-0.05, 0) is 46.0 Å². The fourth-order valence-electron chi connectivity index (χ4n) is 1.43. The topological polar surface area (TPSA) is 46.5 Å². The zero-order chi connectivity index (χ0) is 14.3. The van der Waals surface area contributed by atoms with Gasteiger partial charge in [-0.1, -0.05) is 30.4 Å². The molecule has 0 radical (unpaired) electrons. The third-order valence-corrected chi connectivity index (χ3v) is 2.43. The van der Waals surface area contributed by atoms with Gasteiger partial charge < -0.3 is 9.84 Å². The molecule has 3 nitrogen and oxygen atoms in total. The van der Waals surface area contributed by atoms with Gasteiger partial charge in [0.1, 0.15) is 0 Å². The summed E-state index contributed by atoms with van der Waals surface area (Å²) in [5.74, 6) is -0.298. The van der Waals surface area contributed by atoms with Crippen molar-refractivity contribution >= 4 is 5.97 Å². The van der Waals surface area contributed by atoms with Crippen molar-refractivity contribution in [3.8, 4) is 0 Å². The highest BCUT2D eigenvalue weighted by Crippen LogP contribution is 2.01. The van der Waals surface area contributed by atoms with Crippen LogP contribution in [-0.4, -0.2) is 23.8 Å². The molecule has 0 rings (SSSR count). The molecule has 19 heavy (non-hydrogen) atoms. The second-order valence-corrected chi connectivity index (χ2v) is 4.37. The molecule has 0 aromatic carbocycles. The van der Waals surface area contributed by atoms with Crippen LogP contribution in [0.2, 0.25) is 0 Å². The highest BCUT2D eigenvalue weighted by atomic mass is 16.5. The Morgan fingerprint density at radius 2 is 1.84 bits per heavy atom. The van der Waals surface area contributed by atoms with E-state index in [9.17, 15) is 4.79 Å². The van der Waals surface area contributed by atoms with E-state index in [2.05, 4.69) is 12.2 Å². The van der Waals surface area contributed by atoms with E-state index in [1.165, 1.54) is 6.08 Å². The van der Waals surface area contributed by atoms with E-state index >= 15 is 0 Å². The number of hydrogen-bond acceptors (Lipinski definition) is 3. The summed E-state index contributed by atoms with van der Waals surface area (Å²) in [6.07, 6.45) is 16.0. The van der Waals surface area contributed by atoms with E-state index in [0.29, 0.717) is 6.61 Å². The summed E-state index contributed by atoms with van der Waals surface area (Å²) in [5, 5.41) is 9.07. The molecule has 1 atom stereocenters. The number of aliphatic hydroxyl groups excluding tert-OH is 1. The van der Waals surface area contributed by atoms with E-state index in [1.807, 2.05) is 19.1 Å². The zero-order valence-corrected chi connectivity index (χ0v) is 12.0.